The number of rotatable bonds is 6. The highest BCUT2D eigenvalue weighted by Crippen LogP contribution is 2.21. The van der Waals surface area contributed by atoms with Gasteiger partial charge in [0, 0.05) is 40.0 Å². The number of amides is 1. The van der Waals surface area contributed by atoms with Gasteiger partial charge in [-0.25, -0.2) is 0 Å². The van der Waals surface area contributed by atoms with Crippen molar-refractivity contribution >= 4 is 33.2 Å². The van der Waals surface area contributed by atoms with Crippen LogP contribution in [0.3, 0.4) is 0 Å². The first-order chi connectivity index (χ1) is 10.8. The zero-order chi connectivity index (χ0) is 17.0. The van der Waals surface area contributed by atoms with E-state index in [-0.39, 0.29) is 11.3 Å². The zero-order valence-electron chi connectivity index (χ0n) is 13.9. The number of aromatic nitrogens is 2. The SMILES string of the molecule is CN(Cc1cc(Br)cs1)C(=O)CCCc1nc(C(C)(C)C)no1. The van der Waals surface area contributed by atoms with E-state index < -0.39 is 0 Å². The van der Waals surface area contributed by atoms with E-state index in [9.17, 15) is 4.79 Å². The predicted molar refractivity (Wildman–Crippen MR) is 94.4 cm³/mol. The fourth-order valence-corrected chi connectivity index (χ4v) is 3.50. The molecule has 0 N–H and O–H groups in total. The molecule has 2 rings (SSSR count). The molecular formula is C16H22BrN3O2S. The predicted octanol–water partition coefficient (Wildman–Crippen LogP) is 4.17. The van der Waals surface area contributed by atoms with Crippen LogP contribution in [0, 0.1) is 0 Å². The van der Waals surface area contributed by atoms with Crippen LogP contribution in [0.1, 0.15) is 50.2 Å². The number of nitrogens with zero attached hydrogens (tertiary/aromatic N) is 3. The van der Waals surface area contributed by atoms with E-state index in [1.807, 2.05) is 39.3 Å². The average Bonchev–Trinajstić information content (AvgIpc) is 3.07. The molecule has 0 bridgehead atoms. The van der Waals surface area contributed by atoms with Gasteiger partial charge in [-0.05, 0) is 28.4 Å². The van der Waals surface area contributed by atoms with E-state index in [1.54, 1.807) is 16.2 Å². The van der Waals surface area contributed by atoms with Crippen LogP contribution in [0.15, 0.2) is 20.4 Å². The molecule has 0 aliphatic carbocycles. The van der Waals surface area contributed by atoms with Gasteiger partial charge in [0.2, 0.25) is 11.8 Å². The van der Waals surface area contributed by atoms with Gasteiger partial charge in [0.05, 0.1) is 6.54 Å². The van der Waals surface area contributed by atoms with Crippen LogP contribution in [-0.4, -0.2) is 28.0 Å². The minimum atomic E-state index is -0.118. The van der Waals surface area contributed by atoms with Gasteiger partial charge < -0.3 is 9.42 Å². The minimum absolute atomic E-state index is 0.118. The standard InChI is InChI=1S/C16H22BrN3O2S/c1-16(2,3)15-18-13(22-19-15)6-5-7-14(21)20(4)9-12-8-11(17)10-23-12/h8,10H,5-7,9H2,1-4H3. The van der Waals surface area contributed by atoms with E-state index in [0.29, 0.717) is 37.5 Å². The van der Waals surface area contributed by atoms with Gasteiger partial charge in [-0.1, -0.05) is 25.9 Å². The summed E-state index contributed by atoms with van der Waals surface area (Å²) in [6, 6.07) is 2.04. The molecule has 0 aromatic carbocycles. The summed E-state index contributed by atoms with van der Waals surface area (Å²) >= 11 is 5.07. The Morgan fingerprint density at radius 1 is 1.43 bits per heavy atom. The maximum Gasteiger partial charge on any atom is 0.226 e. The highest BCUT2D eigenvalue weighted by molar-refractivity contribution is 9.10. The van der Waals surface area contributed by atoms with Crippen molar-refractivity contribution in [2.75, 3.05) is 7.05 Å². The van der Waals surface area contributed by atoms with Crippen LogP contribution in [-0.2, 0) is 23.2 Å². The molecule has 0 spiro atoms. The van der Waals surface area contributed by atoms with Crippen LogP contribution in [0.25, 0.3) is 0 Å². The summed E-state index contributed by atoms with van der Waals surface area (Å²) in [5.41, 5.74) is -0.118. The molecule has 126 valence electrons. The third-order valence-corrected chi connectivity index (χ3v) is 5.04. The molecule has 0 atom stereocenters. The fourth-order valence-electron chi connectivity index (χ4n) is 2.00. The van der Waals surface area contributed by atoms with E-state index >= 15 is 0 Å². The van der Waals surface area contributed by atoms with Crippen LogP contribution in [0.2, 0.25) is 0 Å². The van der Waals surface area contributed by atoms with Crippen LogP contribution >= 0.6 is 27.3 Å². The summed E-state index contributed by atoms with van der Waals surface area (Å²) < 4.78 is 6.30. The normalized spacial score (nSPS) is 11.7. The molecule has 0 fully saturated rings. The molecule has 0 saturated heterocycles. The second kappa shape index (κ2) is 7.57. The van der Waals surface area contributed by atoms with Gasteiger partial charge >= 0.3 is 0 Å². The largest absolute Gasteiger partial charge is 0.341 e. The Morgan fingerprint density at radius 2 is 2.17 bits per heavy atom. The fraction of sp³-hybridized carbons (Fsp3) is 0.562. The van der Waals surface area contributed by atoms with Gasteiger partial charge in [-0.15, -0.1) is 11.3 Å². The van der Waals surface area contributed by atoms with Gasteiger partial charge in [0.15, 0.2) is 5.82 Å². The van der Waals surface area contributed by atoms with Gasteiger partial charge in [-0.3, -0.25) is 4.79 Å². The van der Waals surface area contributed by atoms with Crippen molar-refractivity contribution in [2.45, 2.75) is 52.0 Å². The summed E-state index contributed by atoms with van der Waals surface area (Å²) in [5.74, 6) is 1.44. The quantitative estimate of drug-likeness (QED) is 0.730. The molecule has 1 amide bonds. The lowest BCUT2D eigenvalue weighted by Gasteiger charge is -2.15. The Bertz CT molecular complexity index is 660. The van der Waals surface area contributed by atoms with Crippen molar-refractivity contribution in [3.63, 3.8) is 0 Å². The lowest BCUT2D eigenvalue weighted by Crippen LogP contribution is -2.25. The molecule has 0 aliphatic heterocycles. The maximum atomic E-state index is 12.2. The van der Waals surface area contributed by atoms with E-state index in [2.05, 4.69) is 26.1 Å². The Hall–Kier alpha value is -1.21. The van der Waals surface area contributed by atoms with E-state index in [1.165, 1.54) is 4.88 Å². The van der Waals surface area contributed by atoms with E-state index in [4.69, 9.17) is 4.52 Å². The third kappa shape index (κ3) is 5.42. The smallest absolute Gasteiger partial charge is 0.226 e. The molecule has 5 nitrogen and oxygen atoms in total. The molecule has 2 aromatic heterocycles. The Morgan fingerprint density at radius 3 is 2.74 bits per heavy atom. The summed E-state index contributed by atoms with van der Waals surface area (Å²) in [6.07, 6.45) is 1.83. The van der Waals surface area contributed by atoms with Crippen LogP contribution in [0.4, 0.5) is 0 Å². The zero-order valence-corrected chi connectivity index (χ0v) is 16.3. The first-order valence-electron chi connectivity index (χ1n) is 7.55. The highest BCUT2D eigenvalue weighted by Gasteiger charge is 2.21. The van der Waals surface area contributed by atoms with E-state index in [0.717, 1.165) is 4.47 Å². The summed E-state index contributed by atoms with van der Waals surface area (Å²) in [5, 5.41) is 6.02. The lowest BCUT2D eigenvalue weighted by atomic mass is 9.96. The van der Waals surface area contributed by atoms with Crippen molar-refractivity contribution in [1.82, 2.24) is 15.0 Å². The second-order valence-electron chi connectivity index (χ2n) is 6.60. The Kier molecular flexibility index (Phi) is 5.97. The number of halogens is 1. The molecular weight excluding hydrogens is 378 g/mol. The molecule has 0 aliphatic rings. The van der Waals surface area contributed by atoms with Crippen molar-refractivity contribution in [1.29, 1.82) is 0 Å². The monoisotopic (exact) mass is 399 g/mol. The first-order valence-corrected chi connectivity index (χ1v) is 9.23. The molecule has 0 unspecified atom stereocenters. The summed E-state index contributed by atoms with van der Waals surface area (Å²) in [6.45, 7) is 6.78. The van der Waals surface area contributed by atoms with Crippen molar-refractivity contribution in [3.8, 4) is 0 Å². The maximum absolute atomic E-state index is 12.2. The number of hydrogen-bond acceptors (Lipinski definition) is 5. The molecule has 2 heterocycles. The number of aryl methyl sites for hydroxylation is 1. The van der Waals surface area contributed by atoms with Gasteiger partial charge in [0.1, 0.15) is 0 Å². The second-order valence-corrected chi connectivity index (χ2v) is 8.51. The number of thiophene rings is 1. The minimum Gasteiger partial charge on any atom is -0.341 e. The molecule has 0 radical (unpaired) electrons. The first kappa shape index (κ1) is 18.1. The Balaban J connectivity index is 1.77. The van der Waals surface area contributed by atoms with Crippen molar-refractivity contribution in [2.24, 2.45) is 0 Å². The topological polar surface area (TPSA) is 59.2 Å². The molecule has 7 heteroatoms. The van der Waals surface area contributed by atoms with Gasteiger partial charge in [-0.2, -0.15) is 4.98 Å². The van der Waals surface area contributed by atoms with Crippen LogP contribution in [0.5, 0.6) is 0 Å². The summed E-state index contributed by atoms with van der Waals surface area (Å²) in [4.78, 5) is 19.5. The molecule has 0 saturated carbocycles. The van der Waals surface area contributed by atoms with Crippen LogP contribution < -0.4 is 0 Å². The van der Waals surface area contributed by atoms with Crippen molar-refractivity contribution in [3.05, 3.63) is 32.5 Å². The number of carbonyl (C=O) groups is 1. The molecule has 2 aromatic rings. The number of hydrogen-bond donors (Lipinski definition) is 0. The highest BCUT2D eigenvalue weighted by atomic mass is 79.9. The van der Waals surface area contributed by atoms with Crippen molar-refractivity contribution < 1.29 is 9.32 Å². The average molecular weight is 400 g/mol. The molecule has 23 heavy (non-hydrogen) atoms. The summed E-state index contributed by atoms with van der Waals surface area (Å²) in [7, 11) is 1.83. The lowest BCUT2D eigenvalue weighted by molar-refractivity contribution is -0.130. The number of carbonyl (C=O) groups excluding carboxylic acids is 1. The van der Waals surface area contributed by atoms with Gasteiger partial charge in [0.25, 0.3) is 0 Å². The third-order valence-electron chi connectivity index (χ3n) is 3.36. The Labute approximate surface area is 149 Å².